The number of phosphoric acid groups is 1. The molecule has 2 aromatic carbocycles. The largest absolute Gasteiger partial charge is 0.491 e. The lowest BCUT2D eigenvalue weighted by Crippen LogP contribution is -2.25. The van der Waals surface area contributed by atoms with Crippen LogP contribution in [0.2, 0.25) is 5.02 Å². The summed E-state index contributed by atoms with van der Waals surface area (Å²) in [6, 6.07) is 14.4. The Morgan fingerprint density at radius 2 is 1.76 bits per heavy atom. The molecule has 0 aliphatic carbocycles. The lowest BCUT2D eigenvalue weighted by atomic mass is 10.1. The van der Waals surface area contributed by atoms with Crippen LogP contribution < -0.4 is 10.1 Å². The quantitative estimate of drug-likeness (QED) is 0.194. The Labute approximate surface area is 226 Å². The first kappa shape index (κ1) is 29.6. The van der Waals surface area contributed by atoms with E-state index in [1.165, 1.54) is 0 Å². The fraction of sp³-hybridized carbons (Fsp3) is 0.440. The Kier molecular flexibility index (Phi) is 11.5. The summed E-state index contributed by atoms with van der Waals surface area (Å²) >= 11 is 7.20. The minimum Gasteiger partial charge on any atom is -0.491 e. The Balaban J connectivity index is 1.69. The van der Waals surface area contributed by atoms with Gasteiger partial charge in [0.05, 0.1) is 18.5 Å². The highest BCUT2D eigenvalue weighted by atomic mass is 35.5. The van der Waals surface area contributed by atoms with Gasteiger partial charge in [-0.05, 0) is 62.1 Å². The van der Waals surface area contributed by atoms with E-state index in [-0.39, 0.29) is 31.0 Å². The molecule has 202 valence electrons. The topological polar surface area (TPSA) is 109 Å². The normalized spacial score (nSPS) is 17.5. The van der Waals surface area contributed by atoms with Crippen molar-refractivity contribution in [2.75, 3.05) is 19.8 Å². The minimum atomic E-state index is -3.80. The molecule has 37 heavy (non-hydrogen) atoms. The van der Waals surface area contributed by atoms with Crippen LogP contribution >= 0.6 is 31.2 Å². The molecule has 0 saturated carbocycles. The monoisotopic (exact) mass is 571 g/mol. The first-order chi connectivity index (χ1) is 17.7. The zero-order valence-electron chi connectivity index (χ0n) is 20.9. The second-order valence-electron chi connectivity index (χ2n) is 7.95. The maximum Gasteiger partial charge on any atom is 0.477 e. The number of imide groups is 1. The first-order valence-electron chi connectivity index (χ1n) is 12.0. The maximum absolute atomic E-state index is 12.9. The molecule has 1 N–H and O–H groups in total. The van der Waals surface area contributed by atoms with Crippen LogP contribution in [0.15, 0.2) is 48.5 Å². The molecule has 0 spiro atoms. The summed E-state index contributed by atoms with van der Waals surface area (Å²) in [7, 11) is -3.80. The van der Waals surface area contributed by atoms with Crippen molar-refractivity contribution in [2.24, 2.45) is 0 Å². The first-order valence-corrected chi connectivity index (χ1v) is 14.7. The molecule has 2 amide bonds. The van der Waals surface area contributed by atoms with Gasteiger partial charge in [-0.2, -0.15) is 0 Å². The number of carbonyl (C=O) groups excluding carboxylic acids is 2. The fourth-order valence-corrected chi connectivity index (χ4v) is 5.87. The molecule has 1 aliphatic rings. The predicted octanol–water partition coefficient (Wildman–Crippen LogP) is 6.30. The summed E-state index contributed by atoms with van der Waals surface area (Å²) in [5, 5.41) is 2.07. The van der Waals surface area contributed by atoms with E-state index in [1.54, 1.807) is 44.2 Å². The summed E-state index contributed by atoms with van der Waals surface area (Å²) < 4.78 is 41.2. The molecule has 3 unspecified atom stereocenters. The molecule has 2 aromatic rings. The van der Waals surface area contributed by atoms with Crippen LogP contribution in [0, 0.1) is 0 Å². The maximum atomic E-state index is 12.9. The van der Waals surface area contributed by atoms with Gasteiger partial charge in [0.25, 0.3) is 5.24 Å². The predicted molar refractivity (Wildman–Crippen MR) is 142 cm³/mol. The van der Waals surface area contributed by atoms with E-state index < -0.39 is 25.5 Å². The average molecular weight is 572 g/mol. The van der Waals surface area contributed by atoms with Gasteiger partial charge in [-0.1, -0.05) is 54.6 Å². The summed E-state index contributed by atoms with van der Waals surface area (Å²) in [4.78, 5) is 23.2. The molecule has 1 aliphatic heterocycles. The lowest BCUT2D eigenvalue weighted by molar-refractivity contribution is -0.144. The smallest absolute Gasteiger partial charge is 0.477 e. The number of nitrogens with one attached hydrogen (secondary N) is 1. The highest BCUT2D eigenvalue weighted by Gasteiger charge is 2.32. The molecule has 1 saturated heterocycles. The van der Waals surface area contributed by atoms with Crippen LogP contribution in [-0.2, 0) is 34.1 Å². The Morgan fingerprint density at radius 1 is 1.05 bits per heavy atom. The van der Waals surface area contributed by atoms with Gasteiger partial charge in [-0.15, -0.1) is 0 Å². The van der Waals surface area contributed by atoms with Crippen molar-refractivity contribution in [2.45, 2.75) is 51.3 Å². The number of thioether (sulfide) groups is 1. The number of hydrogen-bond donors (Lipinski definition) is 1. The number of amides is 2. The van der Waals surface area contributed by atoms with Gasteiger partial charge in [0.1, 0.15) is 18.5 Å². The van der Waals surface area contributed by atoms with E-state index in [2.05, 4.69) is 5.32 Å². The van der Waals surface area contributed by atoms with Gasteiger partial charge < -0.3 is 9.47 Å². The molecule has 3 atom stereocenters. The van der Waals surface area contributed by atoms with Crippen LogP contribution in [0.3, 0.4) is 0 Å². The van der Waals surface area contributed by atoms with E-state index >= 15 is 0 Å². The molecule has 9 nitrogen and oxygen atoms in total. The second kappa shape index (κ2) is 14.3. The van der Waals surface area contributed by atoms with Crippen molar-refractivity contribution in [3.63, 3.8) is 0 Å². The molecule has 3 rings (SSSR count). The van der Waals surface area contributed by atoms with Gasteiger partial charge in [-0.25, -0.2) is 4.57 Å². The van der Waals surface area contributed by atoms with Crippen molar-refractivity contribution in [3.05, 3.63) is 64.7 Å². The van der Waals surface area contributed by atoms with E-state index in [0.29, 0.717) is 23.6 Å². The van der Waals surface area contributed by atoms with Crippen molar-refractivity contribution in [1.82, 2.24) is 5.32 Å². The van der Waals surface area contributed by atoms with Crippen molar-refractivity contribution in [1.29, 1.82) is 0 Å². The molecule has 1 fully saturated rings. The van der Waals surface area contributed by atoms with Gasteiger partial charge in [0.2, 0.25) is 5.91 Å². The van der Waals surface area contributed by atoms with Crippen LogP contribution in [0.4, 0.5) is 4.79 Å². The van der Waals surface area contributed by atoms with Crippen LogP contribution in [0.25, 0.3) is 0 Å². The molecule has 0 aromatic heterocycles. The zero-order valence-corrected chi connectivity index (χ0v) is 23.4. The van der Waals surface area contributed by atoms with Crippen LogP contribution in [0.5, 0.6) is 5.75 Å². The third-order valence-corrected chi connectivity index (χ3v) is 8.06. The third-order valence-electron chi connectivity index (χ3n) is 5.20. The number of hydrogen-bond acceptors (Lipinski definition) is 9. The number of halogens is 1. The van der Waals surface area contributed by atoms with Gasteiger partial charge >= 0.3 is 7.82 Å². The third kappa shape index (κ3) is 9.11. The number of rotatable bonds is 15. The number of ether oxygens (including phenoxy) is 2. The number of benzene rings is 2. The van der Waals surface area contributed by atoms with Crippen molar-refractivity contribution in [3.8, 4) is 5.75 Å². The minimum absolute atomic E-state index is 0.114. The zero-order chi connectivity index (χ0) is 26.8. The van der Waals surface area contributed by atoms with Crippen LogP contribution in [-0.4, -0.2) is 42.5 Å². The van der Waals surface area contributed by atoms with Gasteiger partial charge in [0.15, 0.2) is 6.29 Å². The summed E-state index contributed by atoms with van der Waals surface area (Å²) in [5.74, 6) is 0.310. The molecule has 1 heterocycles. The van der Waals surface area contributed by atoms with Gasteiger partial charge in [0, 0.05) is 5.02 Å². The lowest BCUT2D eigenvalue weighted by Gasteiger charge is -2.27. The molecule has 0 radical (unpaired) electrons. The molecular formula is C25H31ClNO8PS. The SMILES string of the molecule is CCOP(=O)(OCC)OC(CC)OC(COc1ccc(CC2SC(=O)NC2=O)cc1)c1cccc(Cl)c1. The summed E-state index contributed by atoms with van der Waals surface area (Å²) in [5.41, 5.74) is 1.65. The molecule has 0 bridgehead atoms. The Bertz CT molecular complexity index is 1090. The van der Waals surface area contributed by atoms with Gasteiger partial charge in [-0.3, -0.25) is 28.5 Å². The van der Waals surface area contributed by atoms with Crippen molar-refractivity contribution >= 4 is 42.3 Å². The number of phosphoric ester groups is 1. The summed E-state index contributed by atoms with van der Waals surface area (Å²) in [6.45, 7) is 5.66. The molecular weight excluding hydrogens is 541 g/mol. The van der Waals surface area contributed by atoms with E-state index in [4.69, 9.17) is 34.6 Å². The Morgan fingerprint density at radius 3 is 2.32 bits per heavy atom. The van der Waals surface area contributed by atoms with E-state index in [1.807, 2.05) is 25.1 Å². The average Bonchev–Trinajstić information content (AvgIpc) is 3.18. The second-order valence-corrected chi connectivity index (χ2v) is 11.2. The van der Waals surface area contributed by atoms with Crippen molar-refractivity contribution < 1.29 is 37.2 Å². The standard InChI is InChI=1S/C25H31ClNO8PS/c1-4-23(35-36(30,32-5-2)33-6-3)34-21(18-8-7-9-19(26)15-18)16-31-20-12-10-17(11-13-20)14-22-24(28)27-25(29)37-22/h7-13,15,21-23H,4-6,14,16H2,1-3H3,(H,27,28,29). The van der Waals surface area contributed by atoms with Crippen LogP contribution in [0.1, 0.15) is 44.4 Å². The highest BCUT2D eigenvalue weighted by Crippen LogP contribution is 2.51. The summed E-state index contributed by atoms with van der Waals surface area (Å²) in [6.07, 6.45) is -0.682. The van der Waals surface area contributed by atoms with E-state index in [9.17, 15) is 14.2 Å². The van der Waals surface area contributed by atoms with E-state index in [0.717, 1.165) is 22.9 Å². The Hall–Kier alpha value is -1.91. The molecule has 12 heteroatoms. The fourth-order valence-electron chi connectivity index (χ4n) is 3.49. The number of carbonyl (C=O) groups is 2. The highest BCUT2D eigenvalue weighted by molar-refractivity contribution is 8.15.